The molecule has 4 amide bonds. The van der Waals surface area contributed by atoms with Gasteiger partial charge in [-0.2, -0.15) is 13.2 Å². The zero-order chi connectivity index (χ0) is 29.4. The molecule has 3 aliphatic rings. The maximum Gasteiger partial charge on any atom is 0.417 e. The molecular formula is C29H28ClF3N4O4. The molecule has 2 heterocycles. The molecule has 0 bridgehead atoms. The number of piperidine rings is 1. The van der Waals surface area contributed by atoms with Gasteiger partial charge in [0.1, 0.15) is 11.7 Å². The van der Waals surface area contributed by atoms with E-state index in [0.717, 1.165) is 48.3 Å². The number of nitrogens with one attached hydrogen (secondary N) is 3. The molecule has 0 spiro atoms. The molecule has 5 rings (SSSR count). The van der Waals surface area contributed by atoms with Crippen LogP contribution in [-0.2, 0) is 37.3 Å². The smallest absolute Gasteiger partial charge is 0.351 e. The van der Waals surface area contributed by atoms with E-state index in [0.29, 0.717) is 24.2 Å². The molecular weight excluding hydrogens is 561 g/mol. The van der Waals surface area contributed by atoms with Crippen molar-refractivity contribution in [3.8, 4) is 0 Å². The van der Waals surface area contributed by atoms with Gasteiger partial charge in [0.2, 0.25) is 11.8 Å². The zero-order valence-electron chi connectivity index (χ0n) is 21.9. The van der Waals surface area contributed by atoms with Gasteiger partial charge in [0.25, 0.3) is 11.8 Å². The van der Waals surface area contributed by atoms with E-state index in [9.17, 15) is 32.3 Å². The van der Waals surface area contributed by atoms with Gasteiger partial charge in [-0.25, -0.2) is 0 Å². The first-order valence-electron chi connectivity index (χ1n) is 13.4. The van der Waals surface area contributed by atoms with Gasteiger partial charge >= 0.3 is 6.18 Å². The highest BCUT2D eigenvalue weighted by Gasteiger charge is 2.42. The number of hydrogen-bond acceptors (Lipinski definition) is 6. The number of carbonyl (C=O) groups is 4. The molecule has 41 heavy (non-hydrogen) atoms. The van der Waals surface area contributed by atoms with Crippen molar-refractivity contribution in [3.05, 3.63) is 76.0 Å². The van der Waals surface area contributed by atoms with E-state index in [4.69, 9.17) is 11.6 Å². The molecule has 2 aromatic carbocycles. The summed E-state index contributed by atoms with van der Waals surface area (Å²) in [7, 11) is 0. The fraction of sp³-hybridized carbons (Fsp3) is 0.379. The molecule has 1 atom stereocenters. The van der Waals surface area contributed by atoms with Crippen molar-refractivity contribution in [2.75, 3.05) is 11.9 Å². The van der Waals surface area contributed by atoms with Gasteiger partial charge in [-0.05, 0) is 67.6 Å². The van der Waals surface area contributed by atoms with Crippen molar-refractivity contribution in [2.24, 2.45) is 0 Å². The van der Waals surface area contributed by atoms with Gasteiger partial charge in [0, 0.05) is 23.7 Å². The minimum atomic E-state index is -4.50. The van der Waals surface area contributed by atoms with Crippen LogP contribution in [0.2, 0.25) is 5.02 Å². The van der Waals surface area contributed by atoms with Crippen molar-refractivity contribution in [3.63, 3.8) is 0 Å². The van der Waals surface area contributed by atoms with Crippen molar-refractivity contribution < 1.29 is 32.3 Å². The van der Waals surface area contributed by atoms with Gasteiger partial charge in [0.05, 0.1) is 10.6 Å². The highest BCUT2D eigenvalue weighted by molar-refractivity contribution is 6.31. The first-order chi connectivity index (χ1) is 19.5. The summed E-state index contributed by atoms with van der Waals surface area (Å²) in [6.07, 6.45) is 0.947. The van der Waals surface area contributed by atoms with Crippen molar-refractivity contribution in [2.45, 2.75) is 62.7 Å². The van der Waals surface area contributed by atoms with Gasteiger partial charge in [-0.15, -0.1) is 0 Å². The zero-order valence-corrected chi connectivity index (χ0v) is 22.7. The molecule has 1 saturated heterocycles. The molecule has 0 radical (unpaired) electrons. The van der Waals surface area contributed by atoms with Crippen LogP contribution in [0.1, 0.15) is 55.2 Å². The van der Waals surface area contributed by atoms with E-state index < -0.39 is 41.4 Å². The van der Waals surface area contributed by atoms with Crippen LogP contribution in [-0.4, -0.2) is 41.1 Å². The molecule has 3 N–H and O–H groups in total. The molecule has 0 aromatic heterocycles. The second kappa shape index (κ2) is 11.3. The molecule has 216 valence electrons. The summed E-state index contributed by atoms with van der Waals surface area (Å²) in [5, 5.41) is 8.47. The van der Waals surface area contributed by atoms with Crippen LogP contribution in [0.5, 0.6) is 0 Å². The number of alkyl halides is 3. The maximum absolute atomic E-state index is 13.1. The lowest BCUT2D eigenvalue weighted by molar-refractivity contribution is -0.149. The van der Waals surface area contributed by atoms with E-state index in [1.165, 1.54) is 12.1 Å². The maximum atomic E-state index is 13.1. The van der Waals surface area contributed by atoms with Crippen LogP contribution in [0.3, 0.4) is 0 Å². The topological polar surface area (TPSA) is 108 Å². The monoisotopic (exact) mass is 588 g/mol. The summed E-state index contributed by atoms with van der Waals surface area (Å²) in [5.74, 6) is -2.38. The van der Waals surface area contributed by atoms with E-state index in [2.05, 4.69) is 16.0 Å². The molecule has 1 saturated carbocycles. The Morgan fingerprint density at radius 2 is 1.80 bits per heavy atom. The Balaban J connectivity index is 1.27. The van der Waals surface area contributed by atoms with Crippen LogP contribution >= 0.6 is 11.6 Å². The molecule has 12 heteroatoms. The molecule has 1 aliphatic carbocycles. The average molecular weight is 589 g/mol. The van der Waals surface area contributed by atoms with E-state index in [1.54, 1.807) is 6.07 Å². The van der Waals surface area contributed by atoms with Crippen molar-refractivity contribution in [1.82, 2.24) is 15.5 Å². The fourth-order valence-corrected chi connectivity index (χ4v) is 6.09. The summed E-state index contributed by atoms with van der Waals surface area (Å²) < 4.78 is 39.1. The predicted octanol–water partition coefficient (Wildman–Crippen LogP) is 4.43. The minimum absolute atomic E-state index is 0.0319. The number of nitrogens with zero attached hydrogens (tertiary/aromatic N) is 1. The second-order valence-corrected chi connectivity index (χ2v) is 10.9. The van der Waals surface area contributed by atoms with Gasteiger partial charge < -0.3 is 10.6 Å². The third-order valence-electron chi connectivity index (χ3n) is 7.84. The van der Waals surface area contributed by atoms with Crippen molar-refractivity contribution in [1.29, 1.82) is 0 Å². The van der Waals surface area contributed by atoms with Crippen molar-refractivity contribution >= 4 is 40.9 Å². The summed E-state index contributed by atoms with van der Waals surface area (Å²) in [6.45, 7) is 0.512. The SMILES string of the molecule is O=C1CCC(N2C(=O)C=C(Nc3cccc(C4(NCCc5ccc(C(F)(F)F)c(Cl)c5)CCCC4)c3)C2=O)C(=O)N1. The van der Waals surface area contributed by atoms with Crippen LogP contribution < -0.4 is 16.0 Å². The fourth-order valence-electron chi connectivity index (χ4n) is 5.78. The summed E-state index contributed by atoms with van der Waals surface area (Å²) in [6, 6.07) is 10.2. The first-order valence-corrected chi connectivity index (χ1v) is 13.8. The number of hydrogen-bond donors (Lipinski definition) is 3. The standard InChI is InChI=1S/C29H28ClF3N4O4/c30-21-14-17(6-7-20(21)29(31,32)33)10-13-34-28(11-1-2-12-28)18-4-3-5-19(15-18)35-22-16-25(39)37(27(22)41)23-8-9-24(38)36-26(23)40/h3-7,14-16,23,34-35H,1-2,8-13H2,(H,36,38,40). The molecule has 2 fully saturated rings. The van der Waals surface area contributed by atoms with E-state index in [-0.39, 0.29) is 29.1 Å². The van der Waals surface area contributed by atoms with E-state index >= 15 is 0 Å². The highest BCUT2D eigenvalue weighted by atomic mass is 35.5. The Kier molecular flexibility index (Phi) is 7.93. The number of halogens is 4. The van der Waals surface area contributed by atoms with Crippen LogP contribution in [0, 0.1) is 0 Å². The lowest BCUT2D eigenvalue weighted by Gasteiger charge is -2.32. The Morgan fingerprint density at radius 3 is 2.49 bits per heavy atom. The highest BCUT2D eigenvalue weighted by Crippen LogP contribution is 2.40. The predicted molar refractivity (Wildman–Crippen MR) is 144 cm³/mol. The summed E-state index contributed by atoms with van der Waals surface area (Å²) in [5.41, 5.74) is 1.06. The van der Waals surface area contributed by atoms with Crippen LogP contribution in [0.25, 0.3) is 0 Å². The third-order valence-corrected chi connectivity index (χ3v) is 8.16. The largest absolute Gasteiger partial charge is 0.417 e. The molecule has 2 aliphatic heterocycles. The number of rotatable bonds is 8. The number of amides is 4. The lowest BCUT2D eigenvalue weighted by atomic mass is 9.87. The Bertz CT molecular complexity index is 1440. The molecule has 2 aromatic rings. The number of anilines is 1. The normalized spacial score (nSPS) is 20.8. The van der Waals surface area contributed by atoms with Crippen LogP contribution in [0.15, 0.2) is 54.2 Å². The quantitative estimate of drug-likeness (QED) is 0.394. The molecule has 1 unspecified atom stereocenters. The number of carbonyl (C=O) groups excluding carboxylic acids is 4. The first kappa shape index (κ1) is 28.8. The van der Waals surface area contributed by atoms with Crippen LogP contribution in [0.4, 0.5) is 18.9 Å². The number of benzene rings is 2. The lowest BCUT2D eigenvalue weighted by Crippen LogP contribution is -2.54. The minimum Gasteiger partial charge on any atom is -0.351 e. The summed E-state index contributed by atoms with van der Waals surface area (Å²) >= 11 is 5.88. The molecule has 8 nitrogen and oxygen atoms in total. The van der Waals surface area contributed by atoms with Gasteiger partial charge in [-0.3, -0.25) is 29.4 Å². The Morgan fingerprint density at radius 1 is 1.05 bits per heavy atom. The van der Waals surface area contributed by atoms with Gasteiger partial charge in [-0.1, -0.05) is 42.6 Å². The number of imide groups is 2. The summed E-state index contributed by atoms with van der Waals surface area (Å²) in [4.78, 5) is 50.3. The van der Waals surface area contributed by atoms with Gasteiger partial charge in [0.15, 0.2) is 0 Å². The Hall–Kier alpha value is -3.70. The third kappa shape index (κ3) is 6.01. The second-order valence-electron chi connectivity index (χ2n) is 10.5. The Labute approximate surface area is 239 Å². The van der Waals surface area contributed by atoms with E-state index in [1.807, 2.05) is 18.2 Å². The average Bonchev–Trinajstić information content (AvgIpc) is 3.49.